The van der Waals surface area contributed by atoms with Crippen molar-refractivity contribution in [3.05, 3.63) is 93.5 Å². The molecule has 0 atom stereocenters. The van der Waals surface area contributed by atoms with Crippen LogP contribution in [0.2, 0.25) is 0 Å². The summed E-state index contributed by atoms with van der Waals surface area (Å²) >= 11 is 1.41. The van der Waals surface area contributed by atoms with E-state index in [4.69, 9.17) is 0 Å². The van der Waals surface area contributed by atoms with Crippen LogP contribution in [0.4, 0.5) is 0 Å². The summed E-state index contributed by atoms with van der Waals surface area (Å²) in [4.78, 5) is 26.4. The van der Waals surface area contributed by atoms with E-state index >= 15 is 0 Å². The van der Waals surface area contributed by atoms with Crippen molar-refractivity contribution in [3.63, 3.8) is 0 Å². The second-order valence-corrected chi connectivity index (χ2v) is 7.14. The fourth-order valence-electron chi connectivity index (χ4n) is 3.43. The average molecular weight is 340 g/mol. The van der Waals surface area contributed by atoms with Gasteiger partial charge in [-0.1, -0.05) is 60.7 Å². The lowest BCUT2D eigenvalue weighted by Crippen LogP contribution is -2.05. The maximum atomic E-state index is 13.2. The Labute approximate surface area is 148 Å². The highest BCUT2D eigenvalue weighted by atomic mass is 32.1. The molecule has 3 heteroatoms. The van der Waals surface area contributed by atoms with E-state index in [1.165, 1.54) is 11.3 Å². The summed E-state index contributed by atoms with van der Waals surface area (Å²) in [7, 11) is 0. The van der Waals surface area contributed by atoms with Crippen LogP contribution in [0.3, 0.4) is 0 Å². The van der Waals surface area contributed by atoms with Crippen molar-refractivity contribution in [1.82, 2.24) is 0 Å². The Morgan fingerprint density at radius 2 is 1.40 bits per heavy atom. The van der Waals surface area contributed by atoms with Gasteiger partial charge >= 0.3 is 0 Å². The first kappa shape index (κ1) is 14.3. The van der Waals surface area contributed by atoms with Gasteiger partial charge in [0.15, 0.2) is 5.43 Å². The number of carbonyl (C=O) groups excluding carboxylic acids is 1. The Morgan fingerprint density at radius 3 is 2.20 bits per heavy atom. The van der Waals surface area contributed by atoms with E-state index in [1.807, 2.05) is 66.7 Å². The molecule has 0 N–H and O–H groups in total. The van der Waals surface area contributed by atoms with Crippen LogP contribution in [-0.4, -0.2) is 5.78 Å². The Balaban J connectivity index is 1.83. The van der Waals surface area contributed by atoms with Crippen LogP contribution in [0.5, 0.6) is 0 Å². The van der Waals surface area contributed by atoms with Crippen molar-refractivity contribution >= 4 is 27.2 Å². The second kappa shape index (κ2) is 5.23. The van der Waals surface area contributed by atoms with Crippen LogP contribution in [0.25, 0.3) is 32.3 Å². The SMILES string of the molecule is O=C1c2ccccc2-c2c1sc1ccc(-c3ccccc3)cc1c2=O. The lowest BCUT2D eigenvalue weighted by Gasteiger charge is -2.05. The molecule has 2 nitrogen and oxygen atoms in total. The van der Waals surface area contributed by atoms with Gasteiger partial charge < -0.3 is 0 Å². The van der Waals surface area contributed by atoms with Crippen molar-refractivity contribution in [2.24, 2.45) is 0 Å². The van der Waals surface area contributed by atoms with Gasteiger partial charge in [0.2, 0.25) is 5.78 Å². The first-order valence-corrected chi connectivity index (χ1v) is 8.86. The molecule has 0 bridgehead atoms. The number of hydrogen-bond acceptors (Lipinski definition) is 3. The quantitative estimate of drug-likeness (QED) is 0.423. The van der Waals surface area contributed by atoms with Crippen molar-refractivity contribution in [3.8, 4) is 22.3 Å². The Kier molecular flexibility index (Phi) is 2.99. The summed E-state index contributed by atoms with van der Waals surface area (Å²) in [5.74, 6) is -0.0401. The molecule has 118 valence electrons. The van der Waals surface area contributed by atoms with Crippen LogP contribution in [-0.2, 0) is 0 Å². The van der Waals surface area contributed by atoms with Crippen LogP contribution < -0.4 is 5.43 Å². The van der Waals surface area contributed by atoms with Crippen LogP contribution in [0, 0.1) is 0 Å². The third-order valence-electron chi connectivity index (χ3n) is 4.64. The Bertz CT molecular complexity index is 1220. The van der Waals surface area contributed by atoms with Gasteiger partial charge in [-0.25, -0.2) is 0 Å². The van der Waals surface area contributed by atoms with E-state index in [0.717, 1.165) is 21.4 Å². The zero-order chi connectivity index (χ0) is 17.0. The van der Waals surface area contributed by atoms with Gasteiger partial charge in [-0.05, 0) is 28.8 Å². The minimum Gasteiger partial charge on any atom is -0.288 e. The van der Waals surface area contributed by atoms with Crippen molar-refractivity contribution in [2.45, 2.75) is 0 Å². The van der Waals surface area contributed by atoms with Gasteiger partial charge in [-0.15, -0.1) is 11.3 Å². The third-order valence-corrected chi connectivity index (χ3v) is 5.81. The second-order valence-electron chi connectivity index (χ2n) is 6.09. The van der Waals surface area contributed by atoms with Crippen LogP contribution >= 0.6 is 11.3 Å². The third kappa shape index (κ3) is 2.03. The maximum Gasteiger partial charge on any atom is 0.204 e. The molecule has 1 aliphatic rings. The molecule has 0 aliphatic heterocycles. The summed E-state index contributed by atoms with van der Waals surface area (Å²) < 4.78 is 0.851. The largest absolute Gasteiger partial charge is 0.288 e. The van der Waals surface area contributed by atoms with E-state index in [9.17, 15) is 9.59 Å². The molecule has 0 spiro atoms. The van der Waals surface area contributed by atoms with Crippen molar-refractivity contribution < 1.29 is 4.79 Å². The van der Waals surface area contributed by atoms with Gasteiger partial charge in [-0.2, -0.15) is 0 Å². The molecule has 0 unspecified atom stereocenters. The number of hydrogen-bond donors (Lipinski definition) is 0. The minimum atomic E-state index is -0.0557. The monoisotopic (exact) mass is 340 g/mol. The predicted octanol–water partition coefficient (Wildman–Crippen LogP) is 5.14. The summed E-state index contributed by atoms with van der Waals surface area (Å²) in [6.07, 6.45) is 0. The van der Waals surface area contributed by atoms with Gasteiger partial charge in [0.25, 0.3) is 0 Å². The van der Waals surface area contributed by atoms with Gasteiger partial charge in [0, 0.05) is 15.6 Å². The molecule has 0 saturated heterocycles. The lowest BCUT2D eigenvalue weighted by atomic mass is 10.0. The summed E-state index contributed by atoms with van der Waals surface area (Å²) in [5.41, 5.74) is 3.98. The normalized spacial score (nSPS) is 12.2. The highest BCUT2D eigenvalue weighted by Crippen LogP contribution is 2.39. The van der Waals surface area contributed by atoms with Gasteiger partial charge in [0.05, 0.1) is 10.4 Å². The van der Waals surface area contributed by atoms with Crippen LogP contribution in [0.1, 0.15) is 15.2 Å². The number of ketones is 1. The molecule has 0 saturated carbocycles. The predicted molar refractivity (Wildman–Crippen MR) is 102 cm³/mol. The standard InChI is InChI=1S/C22H12O2S/c23-20-17-12-14(13-6-2-1-3-7-13)10-11-18(17)25-22-19(20)15-8-4-5-9-16(15)21(22)24/h1-12H. The topological polar surface area (TPSA) is 34.1 Å². The summed E-state index contributed by atoms with van der Waals surface area (Å²) in [6, 6.07) is 23.3. The molecule has 1 aliphatic carbocycles. The number of fused-ring (bicyclic) bond motifs is 4. The molecule has 25 heavy (non-hydrogen) atoms. The number of benzene rings is 3. The highest BCUT2D eigenvalue weighted by molar-refractivity contribution is 7.21. The van der Waals surface area contributed by atoms with Crippen LogP contribution in [0.15, 0.2) is 77.6 Å². The maximum absolute atomic E-state index is 13.2. The summed E-state index contributed by atoms with van der Waals surface area (Å²) in [6.45, 7) is 0. The fourth-order valence-corrected chi connectivity index (χ4v) is 4.56. The molecule has 1 heterocycles. The zero-order valence-corrected chi connectivity index (χ0v) is 14.0. The molecule has 4 aromatic rings. The molecular formula is C22H12O2S. The van der Waals surface area contributed by atoms with Crippen molar-refractivity contribution in [1.29, 1.82) is 0 Å². The van der Waals surface area contributed by atoms with E-state index in [-0.39, 0.29) is 11.2 Å². The van der Waals surface area contributed by atoms with Gasteiger partial charge in [0.1, 0.15) is 0 Å². The number of carbonyl (C=O) groups is 1. The average Bonchev–Trinajstić information content (AvgIpc) is 2.95. The molecular weight excluding hydrogens is 328 g/mol. The van der Waals surface area contributed by atoms with E-state index < -0.39 is 0 Å². The first-order chi connectivity index (χ1) is 12.2. The molecule has 3 aromatic carbocycles. The van der Waals surface area contributed by atoms with Crippen molar-refractivity contribution in [2.75, 3.05) is 0 Å². The van der Waals surface area contributed by atoms with E-state index in [1.54, 1.807) is 6.07 Å². The lowest BCUT2D eigenvalue weighted by molar-refractivity contribution is 0.104. The smallest absolute Gasteiger partial charge is 0.204 e. The first-order valence-electron chi connectivity index (χ1n) is 8.04. The number of rotatable bonds is 1. The molecule has 0 radical (unpaired) electrons. The van der Waals surface area contributed by atoms with Gasteiger partial charge in [-0.3, -0.25) is 9.59 Å². The molecule has 0 fully saturated rings. The minimum absolute atomic E-state index is 0.0401. The molecule has 1 aromatic heterocycles. The highest BCUT2D eigenvalue weighted by Gasteiger charge is 2.30. The van der Waals surface area contributed by atoms with E-state index in [2.05, 4.69) is 0 Å². The molecule has 5 rings (SSSR count). The zero-order valence-electron chi connectivity index (χ0n) is 13.2. The molecule has 0 amide bonds. The Hall–Kier alpha value is -3.04. The fraction of sp³-hybridized carbons (Fsp3) is 0. The summed E-state index contributed by atoms with van der Waals surface area (Å²) in [5, 5.41) is 0.676. The van der Waals surface area contributed by atoms with E-state index in [0.29, 0.717) is 21.4 Å². The Morgan fingerprint density at radius 1 is 0.680 bits per heavy atom.